The molecule has 0 radical (unpaired) electrons. The van der Waals surface area contributed by atoms with E-state index in [1.807, 2.05) is 6.92 Å². The van der Waals surface area contributed by atoms with Gasteiger partial charge in [0.15, 0.2) is 0 Å². The van der Waals surface area contributed by atoms with Crippen molar-refractivity contribution < 1.29 is 23.8 Å². The first-order chi connectivity index (χ1) is 17.1. The number of aliphatic hydroxyl groups is 1. The van der Waals surface area contributed by atoms with Crippen LogP contribution in [0.2, 0.25) is 0 Å². The van der Waals surface area contributed by atoms with E-state index in [2.05, 4.69) is 30.7 Å². The smallest absolute Gasteiger partial charge is 0.259 e. The van der Waals surface area contributed by atoms with Gasteiger partial charge in [-0.3, -0.25) is 9.59 Å². The minimum atomic E-state index is -0.481. The lowest BCUT2D eigenvalue weighted by Crippen LogP contribution is -2.50. The lowest BCUT2D eigenvalue weighted by atomic mass is 9.99. The SMILES string of the molecule is CC(C)CC#Cc1cnc2c(c1)C(=O)N([C@H](C)CO)C[C@H](C)[C@H](CN(C)C(=O)c1ccc(F)cc1)O2. The number of fused-ring (bicyclic) bond motifs is 1. The number of ether oxygens (including phenoxy) is 1. The molecule has 2 aromatic rings. The van der Waals surface area contributed by atoms with E-state index in [1.165, 1.54) is 29.2 Å². The molecule has 0 saturated heterocycles. The summed E-state index contributed by atoms with van der Waals surface area (Å²) in [5.41, 5.74) is 1.25. The second kappa shape index (κ2) is 12.0. The first-order valence-electron chi connectivity index (χ1n) is 12.2. The van der Waals surface area contributed by atoms with Gasteiger partial charge in [0.25, 0.3) is 11.8 Å². The zero-order chi connectivity index (χ0) is 26.4. The highest BCUT2D eigenvalue weighted by Gasteiger charge is 2.34. The van der Waals surface area contributed by atoms with Crippen LogP contribution in [0.5, 0.6) is 5.88 Å². The predicted molar refractivity (Wildman–Crippen MR) is 135 cm³/mol. The van der Waals surface area contributed by atoms with Crippen molar-refractivity contribution in [3.8, 4) is 17.7 Å². The van der Waals surface area contributed by atoms with Crippen LogP contribution in [0.15, 0.2) is 36.5 Å². The summed E-state index contributed by atoms with van der Waals surface area (Å²) in [5.74, 6) is 5.63. The number of aromatic nitrogens is 1. The summed E-state index contributed by atoms with van der Waals surface area (Å²) >= 11 is 0. The second-order valence-corrected chi connectivity index (χ2v) is 9.79. The van der Waals surface area contributed by atoms with E-state index in [4.69, 9.17) is 4.74 Å². The molecule has 2 heterocycles. The van der Waals surface area contributed by atoms with E-state index >= 15 is 0 Å². The van der Waals surface area contributed by atoms with Crippen molar-refractivity contribution in [3.63, 3.8) is 0 Å². The Morgan fingerprint density at radius 1 is 1.31 bits per heavy atom. The zero-order valence-electron chi connectivity index (χ0n) is 21.5. The number of carbonyl (C=O) groups is 2. The van der Waals surface area contributed by atoms with Gasteiger partial charge in [-0.25, -0.2) is 9.37 Å². The number of hydrogen-bond acceptors (Lipinski definition) is 5. The van der Waals surface area contributed by atoms with Gasteiger partial charge in [0, 0.05) is 43.3 Å². The molecule has 0 saturated carbocycles. The van der Waals surface area contributed by atoms with Gasteiger partial charge in [0.05, 0.1) is 19.2 Å². The van der Waals surface area contributed by atoms with Gasteiger partial charge >= 0.3 is 0 Å². The monoisotopic (exact) mass is 495 g/mol. The summed E-state index contributed by atoms with van der Waals surface area (Å²) in [6, 6.07) is 6.64. The molecule has 3 rings (SSSR count). The summed E-state index contributed by atoms with van der Waals surface area (Å²) < 4.78 is 19.5. The number of rotatable bonds is 6. The van der Waals surface area contributed by atoms with E-state index in [-0.39, 0.29) is 42.3 Å². The molecular weight excluding hydrogens is 461 g/mol. The fraction of sp³-hybridized carbons (Fsp3) is 0.464. The Balaban J connectivity index is 1.92. The molecule has 1 N–H and O–H groups in total. The number of nitrogens with zero attached hydrogens (tertiary/aromatic N) is 3. The zero-order valence-corrected chi connectivity index (χ0v) is 21.5. The van der Waals surface area contributed by atoms with Crippen LogP contribution in [-0.2, 0) is 0 Å². The van der Waals surface area contributed by atoms with Crippen LogP contribution in [0.25, 0.3) is 0 Å². The third-order valence-electron chi connectivity index (χ3n) is 6.16. The van der Waals surface area contributed by atoms with Crippen LogP contribution in [0.1, 0.15) is 60.4 Å². The number of carbonyl (C=O) groups excluding carboxylic acids is 2. The fourth-order valence-corrected chi connectivity index (χ4v) is 3.91. The first-order valence-corrected chi connectivity index (χ1v) is 12.2. The first kappa shape index (κ1) is 27.2. The van der Waals surface area contributed by atoms with E-state index < -0.39 is 18.0 Å². The van der Waals surface area contributed by atoms with Gasteiger partial charge in [-0.05, 0) is 43.2 Å². The van der Waals surface area contributed by atoms with Crippen molar-refractivity contribution in [1.29, 1.82) is 0 Å². The fourth-order valence-electron chi connectivity index (χ4n) is 3.91. The minimum Gasteiger partial charge on any atom is -0.472 e. The molecular formula is C28H34FN3O4. The van der Waals surface area contributed by atoms with Crippen molar-refractivity contribution >= 4 is 11.8 Å². The van der Waals surface area contributed by atoms with Crippen molar-refractivity contribution in [3.05, 3.63) is 59.0 Å². The molecule has 1 aromatic carbocycles. The molecule has 192 valence electrons. The van der Waals surface area contributed by atoms with Crippen LogP contribution in [0.3, 0.4) is 0 Å². The quantitative estimate of drug-likeness (QED) is 0.619. The van der Waals surface area contributed by atoms with E-state index in [1.54, 1.807) is 31.1 Å². The van der Waals surface area contributed by atoms with Crippen molar-refractivity contribution in [1.82, 2.24) is 14.8 Å². The molecule has 8 heteroatoms. The molecule has 0 fully saturated rings. The van der Waals surface area contributed by atoms with Crippen molar-refractivity contribution in [2.24, 2.45) is 11.8 Å². The molecule has 36 heavy (non-hydrogen) atoms. The van der Waals surface area contributed by atoms with Crippen LogP contribution in [0, 0.1) is 29.5 Å². The van der Waals surface area contributed by atoms with Gasteiger partial charge in [-0.1, -0.05) is 32.6 Å². The summed E-state index contributed by atoms with van der Waals surface area (Å²) in [7, 11) is 1.65. The average molecular weight is 496 g/mol. The second-order valence-electron chi connectivity index (χ2n) is 9.79. The van der Waals surface area contributed by atoms with Crippen LogP contribution >= 0.6 is 0 Å². The molecule has 0 unspecified atom stereocenters. The van der Waals surface area contributed by atoms with Crippen molar-refractivity contribution in [2.75, 3.05) is 26.7 Å². The summed E-state index contributed by atoms with van der Waals surface area (Å²) in [5, 5.41) is 9.81. The lowest BCUT2D eigenvalue weighted by molar-refractivity contribution is 0.0313. The third kappa shape index (κ3) is 6.61. The Morgan fingerprint density at radius 2 is 2.00 bits per heavy atom. The van der Waals surface area contributed by atoms with E-state index in [0.29, 0.717) is 23.6 Å². The van der Waals surface area contributed by atoms with Crippen molar-refractivity contribution in [2.45, 2.75) is 46.3 Å². The maximum atomic E-state index is 13.5. The number of pyridine rings is 1. The third-order valence-corrected chi connectivity index (χ3v) is 6.16. The average Bonchev–Trinajstić information content (AvgIpc) is 2.85. The largest absolute Gasteiger partial charge is 0.472 e. The normalized spacial score (nSPS) is 18.3. The number of likely N-dealkylation sites (N-methyl/N-ethyl adjacent to an activating group) is 1. The number of amides is 2. The van der Waals surface area contributed by atoms with Gasteiger partial charge in [0.1, 0.15) is 17.5 Å². The highest BCUT2D eigenvalue weighted by atomic mass is 19.1. The van der Waals surface area contributed by atoms with Crippen LogP contribution in [0.4, 0.5) is 4.39 Å². The Bertz CT molecular complexity index is 1140. The minimum absolute atomic E-state index is 0.170. The predicted octanol–water partition coefficient (Wildman–Crippen LogP) is 3.61. The molecule has 1 aliphatic heterocycles. The number of aliphatic hydroxyl groups excluding tert-OH is 1. The molecule has 0 bridgehead atoms. The maximum Gasteiger partial charge on any atom is 0.259 e. The van der Waals surface area contributed by atoms with Gasteiger partial charge in [0.2, 0.25) is 5.88 Å². The summed E-state index contributed by atoms with van der Waals surface area (Å²) in [6.45, 7) is 8.24. The lowest BCUT2D eigenvalue weighted by Gasteiger charge is -2.37. The van der Waals surface area contributed by atoms with E-state index in [9.17, 15) is 19.1 Å². The highest BCUT2D eigenvalue weighted by Crippen LogP contribution is 2.27. The maximum absolute atomic E-state index is 13.5. The number of halogens is 1. The Labute approximate surface area is 212 Å². The molecule has 3 atom stereocenters. The number of benzene rings is 1. The number of hydrogen-bond donors (Lipinski definition) is 1. The molecule has 1 aliphatic rings. The topological polar surface area (TPSA) is 83.0 Å². The molecule has 7 nitrogen and oxygen atoms in total. The van der Waals surface area contributed by atoms with Crippen LogP contribution in [-0.4, -0.2) is 70.6 Å². The highest BCUT2D eigenvalue weighted by molar-refractivity contribution is 5.97. The Kier molecular flexibility index (Phi) is 9.05. The Hall–Kier alpha value is -3.44. The molecule has 2 amide bonds. The standard InChI is InChI=1S/C28H34FN3O4/c1-18(2)7-6-8-21-13-24-26(30-14-21)36-25(19(3)15-32(28(24)35)20(4)17-33)16-31(5)27(34)22-9-11-23(29)12-10-22/h9-14,18-20,25,33H,7,15-17H2,1-5H3/t19-,20+,25-/m0/s1. The summed E-state index contributed by atoms with van der Waals surface area (Å²) in [4.78, 5) is 33.9. The molecule has 0 aliphatic carbocycles. The van der Waals surface area contributed by atoms with Gasteiger partial charge < -0.3 is 19.6 Å². The van der Waals surface area contributed by atoms with Crippen LogP contribution < -0.4 is 4.74 Å². The molecule has 1 aromatic heterocycles. The summed E-state index contributed by atoms with van der Waals surface area (Å²) in [6.07, 6.45) is 1.82. The van der Waals surface area contributed by atoms with Gasteiger partial charge in [-0.2, -0.15) is 0 Å². The molecule has 0 spiro atoms. The van der Waals surface area contributed by atoms with E-state index in [0.717, 1.165) is 6.42 Å². The van der Waals surface area contributed by atoms with Gasteiger partial charge in [-0.15, -0.1) is 0 Å². The Morgan fingerprint density at radius 3 is 2.64 bits per heavy atom.